The third-order valence-electron chi connectivity index (χ3n) is 6.17. The largest absolute Gasteiger partial charge is 0.493 e. The molecule has 0 unspecified atom stereocenters. The van der Waals surface area contributed by atoms with Gasteiger partial charge < -0.3 is 20.3 Å². The molecule has 3 heterocycles. The van der Waals surface area contributed by atoms with E-state index in [4.69, 9.17) is 4.74 Å². The molecular formula is C25H26N4O4S. The molecule has 2 N–H and O–H groups in total. The third kappa shape index (κ3) is 4.94. The van der Waals surface area contributed by atoms with Crippen LogP contribution in [0, 0.1) is 0 Å². The van der Waals surface area contributed by atoms with Crippen molar-refractivity contribution >= 4 is 40.3 Å². The fraction of sp³-hybridized carbons (Fsp3) is 0.360. The van der Waals surface area contributed by atoms with Crippen molar-refractivity contribution in [3.05, 3.63) is 59.7 Å². The van der Waals surface area contributed by atoms with E-state index in [9.17, 15) is 14.4 Å². The summed E-state index contributed by atoms with van der Waals surface area (Å²) in [7, 11) is 0. The van der Waals surface area contributed by atoms with Crippen LogP contribution in [0.3, 0.4) is 0 Å². The van der Waals surface area contributed by atoms with Crippen molar-refractivity contribution in [1.82, 2.24) is 10.2 Å². The highest BCUT2D eigenvalue weighted by Crippen LogP contribution is 2.32. The number of thioether (sulfide) groups is 1. The monoisotopic (exact) mass is 478 g/mol. The van der Waals surface area contributed by atoms with Gasteiger partial charge in [-0.25, -0.2) is 0 Å². The minimum absolute atomic E-state index is 0.0652. The van der Waals surface area contributed by atoms with Crippen molar-refractivity contribution in [2.75, 3.05) is 25.0 Å². The second-order valence-corrected chi connectivity index (χ2v) is 9.73. The van der Waals surface area contributed by atoms with Gasteiger partial charge in [0.05, 0.1) is 12.6 Å². The van der Waals surface area contributed by atoms with Crippen molar-refractivity contribution in [2.24, 2.45) is 4.99 Å². The Kier molecular flexibility index (Phi) is 6.53. The van der Waals surface area contributed by atoms with Crippen LogP contribution in [-0.4, -0.2) is 52.7 Å². The molecule has 9 heteroatoms. The Labute approximate surface area is 202 Å². The first-order valence-corrected chi connectivity index (χ1v) is 12.4. The molecule has 0 bridgehead atoms. The van der Waals surface area contributed by atoms with Gasteiger partial charge in [0, 0.05) is 42.7 Å². The lowest BCUT2D eigenvalue weighted by atomic mass is 10.00. The smallest absolute Gasteiger partial charge is 0.262 e. The number of nitrogens with zero attached hydrogens (tertiary/aromatic N) is 2. The fourth-order valence-corrected chi connectivity index (χ4v) is 5.49. The Morgan fingerprint density at radius 1 is 1.09 bits per heavy atom. The number of hydrogen-bond donors (Lipinski definition) is 2. The van der Waals surface area contributed by atoms with E-state index in [1.165, 1.54) is 11.8 Å². The number of para-hydroxylation sites is 1. The predicted octanol–water partition coefficient (Wildman–Crippen LogP) is 3.36. The van der Waals surface area contributed by atoms with E-state index >= 15 is 0 Å². The number of amidine groups is 1. The molecule has 1 fully saturated rings. The number of carbonyl (C=O) groups excluding carboxylic acids is 3. The van der Waals surface area contributed by atoms with Gasteiger partial charge in [0.1, 0.15) is 11.0 Å². The average Bonchev–Trinajstić information content (AvgIpc) is 3.50. The van der Waals surface area contributed by atoms with Crippen molar-refractivity contribution in [3.63, 3.8) is 0 Å². The van der Waals surface area contributed by atoms with Gasteiger partial charge in [0.2, 0.25) is 5.91 Å². The van der Waals surface area contributed by atoms with Crippen molar-refractivity contribution in [2.45, 2.75) is 37.0 Å². The Hall–Kier alpha value is -3.33. The minimum Gasteiger partial charge on any atom is -0.493 e. The molecule has 34 heavy (non-hydrogen) atoms. The number of amides is 3. The number of hydrogen-bond acceptors (Lipinski definition) is 6. The number of aliphatic imine (C=N–C) groups is 1. The van der Waals surface area contributed by atoms with Crippen LogP contribution in [0.15, 0.2) is 53.5 Å². The molecule has 0 aliphatic carbocycles. The van der Waals surface area contributed by atoms with E-state index < -0.39 is 5.25 Å². The summed E-state index contributed by atoms with van der Waals surface area (Å²) in [6.07, 6.45) is 2.98. The highest BCUT2D eigenvalue weighted by molar-refractivity contribution is 8.15. The van der Waals surface area contributed by atoms with Gasteiger partial charge in [0.25, 0.3) is 11.8 Å². The van der Waals surface area contributed by atoms with Gasteiger partial charge in [0.15, 0.2) is 5.17 Å². The molecule has 1 saturated heterocycles. The van der Waals surface area contributed by atoms with Crippen LogP contribution in [0.4, 0.5) is 5.69 Å². The molecule has 0 spiro atoms. The Morgan fingerprint density at radius 2 is 1.85 bits per heavy atom. The SMILES string of the molecule is O=C(C[C@H]1SC(N2CCCC2)=NC1=O)Nc1ccc(C(=O)N[C@@H]2CCOc3ccccc32)cc1. The lowest BCUT2D eigenvalue weighted by Crippen LogP contribution is -2.32. The summed E-state index contributed by atoms with van der Waals surface area (Å²) >= 11 is 1.38. The average molecular weight is 479 g/mol. The molecule has 2 aromatic rings. The summed E-state index contributed by atoms with van der Waals surface area (Å²) in [4.78, 5) is 43.7. The van der Waals surface area contributed by atoms with Gasteiger partial charge in [-0.3, -0.25) is 14.4 Å². The second kappa shape index (κ2) is 9.89. The summed E-state index contributed by atoms with van der Waals surface area (Å²) in [6, 6.07) is 14.4. The van der Waals surface area contributed by atoms with Crippen LogP contribution < -0.4 is 15.4 Å². The molecule has 3 aliphatic rings. The van der Waals surface area contributed by atoms with E-state index in [1.807, 2.05) is 24.3 Å². The van der Waals surface area contributed by atoms with E-state index in [0.717, 1.165) is 42.4 Å². The maximum atomic E-state index is 12.8. The Morgan fingerprint density at radius 3 is 2.65 bits per heavy atom. The maximum absolute atomic E-state index is 12.8. The lowest BCUT2D eigenvalue weighted by molar-refractivity contribution is -0.121. The van der Waals surface area contributed by atoms with Crippen molar-refractivity contribution in [3.8, 4) is 5.75 Å². The van der Waals surface area contributed by atoms with Gasteiger partial charge in [-0.05, 0) is 43.2 Å². The summed E-state index contributed by atoms with van der Waals surface area (Å²) in [5.41, 5.74) is 2.06. The highest BCUT2D eigenvalue weighted by atomic mass is 32.2. The zero-order chi connectivity index (χ0) is 23.5. The van der Waals surface area contributed by atoms with Gasteiger partial charge in [-0.2, -0.15) is 4.99 Å². The topological polar surface area (TPSA) is 100 Å². The zero-order valence-corrected chi connectivity index (χ0v) is 19.5. The van der Waals surface area contributed by atoms with E-state index in [2.05, 4.69) is 20.5 Å². The Bertz CT molecular complexity index is 1130. The molecule has 5 rings (SSSR count). The minimum atomic E-state index is -0.483. The van der Waals surface area contributed by atoms with Crippen LogP contribution in [-0.2, 0) is 9.59 Å². The van der Waals surface area contributed by atoms with Gasteiger partial charge in [-0.1, -0.05) is 30.0 Å². The first kappa shape index (κ1) is 22.5. The highest BCUT2D eigenvalue weighted by Gasteiger charge is 2.33. The second-order valence-electron chi connectivity index (χ2n) is 8.56. The number of ether oxygens (including phenoxy) is 1. The lowest BCUT2D eigenvalue weighted by Gasteiger charge is -2.26. The summed E-state index contributed by atoms with van der Waals surface area (Å²) < 4.78 is 5.66. The Balaban J connectivity index is 1.14. The number of nitrogens with one attached hydrogen (secondary N) is 2. The first-order chi connectivity index (χ1) is 16.6. The molecule has 0 saturated carbocycles. The molecule has 0 aromatic heterocycles. The van der Waals surface area contributed by atoms with Gasteiger partial charge in [-0.15, -0.1) is 0 Å². The number of likely N-dealkylation sites (tertiary alicyclic amines) is 1. The van der Waals surface area contributed by atoms with E-state index in [-0.39, 0.29) is 30.2 Å². The van der Waals surface area contributed by atoms with Crippen molar-refractivity contribution in [1.29, 1.82) is 0 Å². The number of benzene rings is 2. The van der Waals surface area contributed by atoms with Crippen LogP contribution in [0.2, 0.25) is 0 Å². The van der Waals surface area contributed by atoms with E-state index in [0.29, 0.717) is 24.3 Å². The van der Waals surface area contributed by atoms with Crippen molar-refractivity contribution < 1.29 is 19.1 Å². The molecule has 176 valence electrons. The number of rotatable bonds is 5. The molecule has 3 aliphatic heterocycles. The fourth-order valence-electron chi connectivity index (χ4n) is 4.37. The van der Waals surface area contributed by atoms with Crippen LogP contribution >= 0.6 is 11.8 Å². The zero-order valence-electron chi connectivity index (χ0n) is 18.7. The van der Waals surface area contributed by atoms with Crippen LogP contribution in [0.1, 0.15) is 47.6 Å². The summed E-state index contributed by atoms with van der Waals surface area (Å²) in [5.74, 6) is 0.122. The van der Waals surface area contributed by atoms with Crippen LogP contribution in [0.25, 0.3) is 0 Å². The maximum Gasteiger partial charge on any atom is 0.262 e. The molecule has 0 radical (unpaired) electrons. The van der Waals surface area contributed by atoms with Gasteiger partial charge >= 0.3 is 0 Å². The predicted molar refractivity (Wildman–Crippen MR) is 131 cm³/mol. The number of fused-ring (bicyclic) bond motifs is 1. The van der Waals surface area contributed by atoms with Crippen LogP contribution in [0.5, 0.6) is 5.75 Å². The molecule has 2 atom stereocenters. The number of carbonyl (C=O) groups is 3. The standard InChI is InChI=1S/C25H26N4O4S/c30-22(15-21-24(32)28-25(34-21)29-12-3-4-13-29)26-17-9-7-16(8-10-17)23(31)27-19-11-14-33-20-6-2-1-5-18(19)20/h1-2,5-10,19,21H,3-4,11-15H2,(H,26,30)(H,27,31)/t19-,21-/m1/s1. The normalized spacial score (nSPS) is 21.5. The van der Waals surface area contributed by atoms with E-state index in [1.54, 1.807) is 24.3 Å². The molecular weight excluding hydrogens is 452 g/mol. The third-order valence-corrected chi connectivity index (χ3v) is 7.38. The molecule has 2 aromatic carbocycles. The molecule has 3 amide bonds. The number of anilines is 1. The first-order valence-electron chi connectivity index (χ1n) is 11.5. The molecule has 8 nitrogen and oxygen atoms in total. The summed E-state index contributed by atoms with van der Waals surface area (Å²) in [5, 5.41) is 6.14. The quantitative estimate of drug-likeness (QED) is 0.684. The summed E-state index contributed by atoms with van der Waals surface area (Å²) in [6.45, 7) is 2.39.